The summed E-state index contributed by atoms with van der Waals surface area (Å²) in [6, 6.07) is 3.52. The molecule has 5 nitrogen and oxygen atoms in total. The summed E-state index contributed by atoms with van der Waals surface area (Å²) in [5.41, 5.74) is 0.753. The number of nitrogens with one attached hydrogen (secondary N) is 1. The van der Waals surface area contributed by atoms with Gasteiger partial charge in [-0.15, -0.1) is 0 Å². The number of aromatic nitrogens is 3. The van der Waals surface area contributed by atoms with Gasteiger partial charge in [0.15, 0.2) is 0 Å². The van der Waals surface area contributed by atoms with Crippen LogP contribution in [0.3, 0.4) is 0 Å². The molecule has 0 spiro atoms. The number of pyridine rings is 1. The third-order valence-electron chi connectivity index (χ3n) is 2.46. The second kappa shape index (κ2) is 5.77. The van der Waals surface area contributed by atoms with E-state index in [9.17, 15) is 4.79 Å². The van der Waals surface area contributed by atoms with Crippen LogP contribution in [-0.4, -0.2) is 20.7 Å². The van der Waals surface area contributed by atoms with Crippen molar-refractivity contribution in [1.82, 2.24) is 14.8 Å². The summed E-state index contributed by atoms with van der Waals surface area (Å²) in [5.74, 6) is -0.196. The number of hydrogen-bond acceptors (Lipinski definition) is 3. The molecule has 2 aromatic rings. The number of amides is 1. The second-order valence-electron chi connectivity index (χ2n) is 4.01. The normalized spacial score (nSPS) is 12.1. The maximum atomic E-state index is 11.9. The Morgan fingerprint density at radius 1 is 1.50 bits per heavy atom. The van der Waals surface area contributed by atoms with E-state index in [2.05, 4.69) is 31.3 Å². The average Bonchev–Trinajstić information content (AvgIpc) is 2.76. The standard InChI is InChI=1S/C12H13BrN4O/c1-9(7-17-8-10(13)6-15-17)12(18)16-11-2-4-14-5-3-11/h2-6,8-9H,7H2,1H3,(H,14,16,18)/t9-/m0/s1. The Balaban J connectivity index is 1.93. The van der Waals surface area contributed by atoms with Gasteiger partial charge in [0.2, 0.25) is 5.91 Å². The molecule has 0 fully saturated rings. The van der Waals surface area contributed by atoms with E-state index in [1.54, 1.807) is 35.4 Å². The molecule has 0 radical (unpaired) electrons. The number of hydrogen-bond donors (Lipinski definition) is 1. The van der Waals surface area contributed by atoms with Gasteiger partial charge in [-0.05, 0) is 28.1 Å². The van der Waals surface area contributed by atoms with Gasteiger partial charge in [-0.1, -0.05) is 6.92 Å². The highest BCUT2D eigenvalue weighted by molar-refractivity contribution is 9.10. The van der Waals surface area contributed by atoms with Crippen LogP contribution in [0.25, 0.3) is 0 Å². The van der Waals surface area contributed by atoms with Gasteiger partial charge in [-0.3, -0.25) is 14.5 Å². The van der Waals surface area contributed by atoms with Crippen LogP contribution in [0.2, 0.25) is 0 Å². The SMILES string of the molecule is C[C@@H](Cn1cc(Br)cn1)C(=O)Nc1ccncc1. The molecule has 18 heavy (non-hydrogen) atoms. The highest BCUT2D eigenvalue weighted by Crippen LogP contribution is 2.10. The van der Waals surface area contributed by atoms with Gasteiger partial charge in [0.1, 0.15) is 0 Å². The van der Waals surface area contributed by atoms with Gasteiger partial charge in [-0.2, -0.15) is 5.10 Å². The van der Waals surface area contributed by atoms with Crippen LogP contribution in [0.5, 0.6) is 0 Å². The number of carbonyl (C=O) groups excluding carboxylic acids is 1. The largest absolute Gasteiger partial charge is 0.326 e. The van der Waals surface area contributed by atoms with Crippen LogP contribution in [0.1, 0.15) is 6.92 Å². The van der Waals surface area contributed by atoms with E-state index in [1.807, 2.05) is 13.1 Å². The fourth-order valence-electron chi connectivity index (χ4n) is 1.50. The lowest BCUT2D eigenvalue weighted by atomic mass is 10.1. The third kappa shape index (κ3) is 3.40. The van der Waals surface area contributed by atoms with E-state index in [-0.39, 0.29) is 11.8 Å². The van der Waals surface area contributed by atoms with Crippen LogP contribution < -0.4 is 5.32 Å². The van der Waals surface area contributed by atoms with Crippen molar-refractivity contribution in [3.63, 3.8) is 0 Å². The molecule has 0 saturated heterocycles. The van der Waals surface area contributed by atoms with Crippen molar-refractivity contribution in [2.75, 3.05) is 5.32 Å². The first kappa shape index (κ1) is 12.8. The number of rotatable bonds is 4. The van der Waals surface area contributed by atoms with Gasteiger partial charge < -0.3 is 5.32 Å². The summed E-state index contributed by atoms with van der Waals surface area (Å²) >= 11 is 3.32. The smallest absolute Gasteiger partial charge is 0.229 e. The Hall–Kier alpha value is -1.69. The molecule has 1 amide bonds. The van der Waals surface area contributed by atoms with Crippen molar-refractivity contribution in [3.8, 4) is 0 Å². The number of nitrogens with zero attached hydrogens (tertiary/aromatic N) is 3. The zero-order chi connectivity index (χ0) is 13.0. The molecule has 2 aromatic heterocycles. The molecule has 2 heterocycles. The topological polar surface area (TPSA) is 59.8 Å². The lowest BCUT2D eigenvalue weighted by molar-refractivity contribution is -0.119. The van der Waals surface area contributed by atoms with Crippen LogP contribution in [0.15, 0.2) is 41.4 Å². The van der Waals surface area contributed by atoms with Gasteiger partial charge in [0, 0.05) is 24.3 Å². The lowest BCUT2D eigenvalue weighted by Crippen LogP contribution is -2.24. The Labute approximate surface area is 113 Å². The van der Waals surface area contributed by atoms with Crippen LogP contribution in [0, 0.1) is 5.92 Å². The lowest BCUT2D eigenvalue weighted by Gasteiger charge is -2.12. The minimum absolute atomic E-state index is 0.0344. The summed E-state index contributed by atoms with van der Waals surface area (Å²) < 4.78 is 2.64. The van der Waals surface area contributed by atoms with Crippen LogP contribution in [0.4, 0.5) is 5.69 Å². The van der Waals surface area contributed by atoms with E-state index in [0.717, 1.165) is 10.2 Å². The highest BCUT2D eigenvalue weighted by atomic mass is 79.9. The first-order chi connectivity index (χ1) is 8.65. The van der Waals surface area contributed by atoms with Crippen molar-refractivity contribution < 1.29 is 4.79 Å². The van der Waals surface area contributed by atoms with Gasteiger partial charge in [-0.25, -0.2) is 0 Å². The predicted octanol–water partition coefficient (Wildman–Crippen LogP) is 2.32. The quantitative estimate of drug-likeness (QED) is 0.943. The van der Waals surface area contributed by atoms with Crippen molar-refractivity contribution in [1.29, 1.82) is 0 Å². The van der Waals surface area contributed by atoms with E-state index < -0.39 is 0 Å². The fraction of sp³-hybridized carbons (Fsp3) is 0.250. The molecule has 1 N–H and O–H groups in total. The Morgan fingerprint density at radius 3 is 2.83 bits per heavy atom. The van der Waals surface area contributed by atoms with Gasteiger partial charge >= 0.3 is 0 Å². The van der Waals surface area contributed by atoms with E-state index >= 15 is 0 Å². The second-order valence-corrected chi connectivity index (χ2v) is 4.92. The average molecular weight is 309 g/mol. The van der Waals surface area contributed by atoms with E-state index in [0.29, 0.717) is 6.54 Å². The zero-order valence-corrected chi connectivity index (χ0v) is 11.5. The molecule has 0 unspecified atom stereocenters. The molecule has 0 aliphatic rings. The van der Waals surface area contributed by atoms with Crippen LogP contribution in [-0.2, 0) is 11.3 Å². The molecular weight excluding hydrogens is 296 g/mol. The maximum Gasteiger partial charge on any atom is 0.229 e. The van der Waals surface area contributed by atoms with Crippen molar-refractivity contribution in [2.24, 2.45) is 5.92 Å². The minimum Gasteiger partial charge on any atom is -0.326 e. The first-order valence-electron chi connectivity index (χ1n) is 5.54. The molecule has 1 atom stereocenters. The predicted molar refractivity (Wildman–Crippen MR) is 72.0 cm³/mol. The monoisotopic (exact) mass is 308 g/mol. The Morgan fingerprint density at radius 2 is 2.22 bits per heavy atom. The molecular formula is C12H13BrN4O. The number of halogens is 1. The molecule has 0 aliphatic heterocycles. The molecule has 0 saturated carbocycles. The maximum absolute atomic E-state index is 11.9. The molecule has 6 heteroatoms. The third-order valence-corrected chi connectivity index (χ3v) is 2.87. The summed E-state index contributed by atoms with van der Waals surface area (Å²) in [4.78, 5) is 15.8. The van der Waals surface area contributed by atoms with Crippen molar-refractivity contribution in [3.05, 3.63) is 41.4 Å². The molecule has 0 bridgehead atoms. The van der Waals surface area contributed by atoms with E-state index in [1.165, 1.54) is 0 Å². The summed E-state index contributed by atoms with van der Waals surface area (Å²) in [6.07, 6.45) is 6.83. The van der Waals surface area contributed by atoms with Gasteiger partial charge in [0.05, 0.1) is 23.1 Å². The molecule has 2 rings (SSSR count). The van der Waals surface area contributed by atoms with Crippen molar-refractivity contribution in [2.45, 2.75) is 13.5 Å². The minimum atomic E-state index is -0.162. The molecule has 0 aromatic carbocycles. The van der Waals surface area contributed by atoms with Crippen molar-refractivity contribution >= 4 is 27.5 Å². The highest BCUT2D eigenvalue weighted by Gasteiger charge is 2.14. The summed E-state index contributed by atoms with van der Waals surface area (Å²) in [5, 5.41) is 6.96. The molecule has 94 valence electrons. The number of anilines is 1. The van der Waals surface area contributed by atoms with E-state index in [4.69, 9.17) is 0 Å². The summed E-state index contributed by atoms with van der Waals surface area (Å²) in [6.45, 7) is 2.41. The Kier molecular flexibility index (Phi) is 4.09. The fourth-order valence-corrected chi connectivity index (χ4v) is 1.83. The van der Waals surface area contributed by atoms with Crippen LogP contribution >= 0.6 is 15.9 Å². The molecule has 0 aliphatic carbocycles. The Bertz CT molecular complexity index is 526. The number of carbonyl (C=O) groups is 1. The first-order valence-corrected chi connectivity index (χ1v) is 6.33. The van der Waals surface area contributed by atoms with Gasteiger partial charge in [0.25, 0.3) is 0 Å². The zero-order valence-electron chi connectivity index (χ0n) is 9.88. The summed E-state index contributed by atoms with van der Waals surface area (Å²) in [7, 11) is 0.